The number of rotatable bonds is 5. The van der Waals surface area contributed by atoms with Gasteiger partial charge in [0.25, 0.3) is 11.7 Å². The Hall–Kier alpha value is -3.56. The van der Waals surface area contributed by atoms with Gasteiger partial charge in [0.1, 0.15) is 17.2 Å². The van der Waals surface area contributed by atoms with Crippen molar-refractivity contribution in [3.8, 4) is 0 Å². The highest BCUT2D eigenvalue weighted by Crippen LogP contribution is 2.40. The van der Waals surface area contributed by atoms with E-state index in [1.54, 1.807) is 35.7 Å². The van der Waals surface area contributed by atoms with E-state index in [2.05, 4.69) is 9.88 Å². The van der Waals surface area contributed by atoms with Crippen molar-refractivity contribution >= 4 is 23.1 Å². The molecule has 34 heavy (non-hydrogen) atoms. The van der Waals surface area contributed by atoms with Gasteiger partial charge in [-0.05, 0) is 36.8 Å². The average Bonchev–Trinajstić information content (AvgIpc) is 3.31. The van der Waals surface area contributed by atoms with Gasteiger partial charge in [-0.25, -0.2) is 9.37 Å². The third-order valence-electron chi connectivity index (χ3n) is 6.39. The zero-order valence-electron chi connectivity index (χ0n) is 18.8. The van der Waals surface area contributed by atoms with Crippen LogP contribution in [0.1, 0.15) is 23.0 Å². The first-order chi connectivity index (χ1) is 16.5. The Morgan fingerprint density at radius 2 is 1.94 bits per heavy atom. The minimum absolute atomic E-state index is 0.0636. The van der Waals surface area contributed by atoms with E-state index in [0.29, 0.717) is 42.4 Å². The Morgan fingerprint density at radius 1 is 1.15 bits per heavy atom. The lowest BCUT2D eigenvalue weighted by atomic mass is 9.96. The summed E-state index contributed by atoms with van der Waals surface area (Å²) >= 11 is 0. The lowest BCUT2D eigenvalue weighted by Gasteiger charge is -2.31. The van der Waals surface area contributed by atoms with Crippen LogP contribution in [0.25, 0.3) is 11.4 Å². The number of amides is 1. The maximum atomic E-state index is 14.2. The lowest BCUT2D eigenvalue weighted by Crippen LogP contribution is -2.42. The molecule has 1 N–H and O–H groups in total. The van der Waals surface area contributed by atoms with Crippen LogP contribution in [0.5, 0.6) is 0 Å². The minimum atomic E-state index is -0.912. The molecule has 9 heteroatoms. The molecule has 0 saturated carbocycles. The van der Waals surface area contributed by atoms with E-state index < -0.39 is 23.5 Å². The van der Waals surface area contributed by atoms with Gasteiger partial charge in [-0.3, -0.25) is 18.9 Å². The van der Waals surface area contributed by atoms with Crippen LogP contribution in [0.2, 0.25) is 0 Å². The van der Waals surface area contributed by atoms with E-state index in [4.69, 9.17) is 4.74 Å². The smallest absolute Gasteiger partial charge is 0.295 e. The molecule has 176 valence electrons. The van der Waals surface area contributed by atoms with Gasteiger partial charge in [-0.2, -0.15) is 0 Å². The number of nitrogens with zero attached hydrogens (tertiary/aromatic N) is 4. The Bertz CT molecular complexity index is 1300. The number of ether oxygens (including phenoxy) is 1. The third kappa shape index (κ3) is 3.86. The minimum Gasteiger partial charge on any atom is -0.505 e. The summed E-state index contributed by atoms with van der Waals surface area (Å²) < 4.78 is 21.2. The molecule has 2 saturated heterocycles. The third-order valence-corrected chi connectivity index (χ3v) is 6.39. The molecular weight excluding hydrogens is 439 g/mol. The molecule has 1 amide bonds. The SMILES string of the molecule is Cc1nc2ccccn2c1C(O)=C1C(=O)C(=O)N(CCN2CCOCC2)C1c1cccc(F)c1. The van der Waals surface area contributed by atoms with E-state index in [1.165, 1.54) is 23.1 Å². The molecule has 2 aliphatic heterocycles. The molecule has 5 rings (SSSR count). The fourth-order valence-electron chi connectivity index (χ4n) is 4.73. The molecular formula is C25H25FN4O4. The number of morpholine rings is 1. The van der Waals surface area contributed by atoms with Crippen molar-refractivity contribution in [1.82, 2.24) is 19.2 Å². The number of likely N-dealkylation sites (tertiary alicyclic amines) is 1. The maximum absolute atomic E-state index is 14.2. The second-order valence-electron chi connectivity index (χ2n) is 8.48. The van der Waals surface area contributed by atoms with E-state index in [-0.39, 0.29) is 17.9 Å². The molecule has 0 spiro atoms. The van der Waals surface area contributed by atoms with Crippen LogP contribution in [-0.2, 0) is 14.3 Å². The number of hydrogen-bond acceptors (Lipinski definition) is 6. The van der Waals surface area contributed by atoms with Crippen molar-refractivity contribution in [2.45, 2.75) is 13.0 Å². The van der Waals surface area contributed by atoms with Gasteiger partial charge in [-0.1, -0.05) is 18.2 Å². The number of carbonyl (C=O) groups is 2. The summed E-state index contributed by atoms with van der Waals surface area (Å²) in [5, 5.41) is 11.4. The summed E-state index contributed by atoms with van der Waals surface area (Å²) in [4.78, 5) is 34.4. The molecule has 2 aromatic heterocycles. The standard InChI is InChI=1S/C25H25FN4O4/c1-16-21(29-8-3-2-7-19(29)27-16)23(31)20-22(17-5-4-6-18(26)15-17)30(25(33)24(20)32)10-9-28-11-13-34-14-12-28/h2-8,15,22,31H,9-14H2,1H3. The Kier molecular flexibility index (Phi) is 5.89. The maximum Gasteiger partial charge on any atom is 0.295 e. The van der Waals surface area contributed by atoms with Gasteiger partial charge in [0.15, 0.2) is 5.76 Å². The summed E-state index contributed by atoms with van der Waals surface area (Å²) in [5.74, 6) is -2.31. The van der Waals surface area contributed by atoms with E-state index in [0.717, 1.165) is 13.1 Å². The zero-order chi connectivity index (χ0) is 23.8. The van der Waals surface area contributed by atoms with Gasteiger partial charge in [-0.15, -0.1) is 0 Å². The Balaban J connectivity index is 1.61. The predicted octanol–water partition coefficient (Wildman–Crippen LogP) is 2.54. The normalized spacial score (nSPS) is 21.0. The van der Waals surface area contributed by atoms with Crippen molar-refractivity contribution in [3.05, 3.63) is 77.0 Å². The monoisotopic (exact) mass is 464 g/mol. The molecule has 2 fully saturated rings. The van der Waals surface area contributed by atoms with Crippen molar-refractivity contribution in [1.29, 1.82) is 0 Å². The number of hydrogen-bond donors (Lipinski definition) is 1. The molecule has 8 nitrogen and oxygen atoms in total. The van der Waals surface area contributed by atoms with Crippen molar-refractivity contribution in [2.75, 3.05) is 39.4 Å². The van der Waals surface area contributed by atoms with Crippen LogP contribution in [0.4, 0.5) is 4.39 Å². The molecule has 0 bridgehead atoms. The highest BCUT2D eigenvalue weighted by atomic mass is 19.1. The number of ketones is 1. The first-order valence-corrected chi connectivity index (χ1v) is 11.2. The molecule has 1 unspecified atom stereocenters. The van der Waals surface area contributed by atoms with E-state index >= 15 is 0 Å². The number of fused-ring (bicyclic) bond motifs is 1. The fourth-order valence-corrected chi connectivity index (χ4v) is 4.73. The summed E-state index contributed by atoms with van der Waals surface area (Å²) in [5.41, 5.74) is 1.82. The van der Waals surface area contributed by atoms with Crippen LogP contribution in [0, 0.1) is 12.7 Å². The first kappa shape index (κ1) is 22.2. The summed E-state index contributed by atoms with van der Waals surface area (Å²) in [6.07, 6.45) is 1.73. The number of carbonyl (C=O) groups excluding carboxylic acids is 2. The topological polar surface area (TPSA) is 87.4 Å². The molecule has 1 aromatic carbocycles. The van der Waals surface area contributed by atoms with Crippen LogP contribution < -0.4 is 0 Å². The number of imidazole rings is 1. The van der Waals surface area contributed by atoms with Crippen molar-refractivity contribution < 1.29 is 23.8 Å². The number of aromatic nitrogens is 2. The van der Waals surface area contributed by atoms with Crippen LogP contribution in [0.15, 0.2) is 54.2 Å². The first-order valence-electron chi connectivity index (χ1n) is 11.2. The van der Waals surface area contributed by atoms with Gasteiger partial charge >= 0.3 is 0 Å². The molecule has 4 heterocycles. The van der Waals surface area contributed by atoms with Crippen molar-refractivity contribution in [2.24, 2.45) is 0 Å². The number of aryl methyl sites for hydroxylation is 1. The van der Waals surface area contributed by atoms with Gasteiger partial charge in [0, 0.05) is 32.4 Å². The number of aliphatic hydroxyl groups excluding tert-OH is 1. The highest BCUT2D eigenvalue weighted by Gasteiger charge is 2.46. The van der Waals surface area contributed by atoms with E-state index in [9.17, 15) is 19.1 Å². The fraction of sp³-hybridized carbons (Fsp3) is 0.320. The Labute approximate surface area is 195 Å². The quantitative estimate of drug-likeness (QED) is 0.355. The number of halogens is 1. The van der Waals surface area contributed by atoms with Gasteiger partial charge in [0.2, 0.25) is 0 Å². The average molecular weight is 464 g/mol. The largest absolute Gasteiger partial charge is 0.505 e. The highest BCUT2D eigenvalue weighted by molar-refractivity contribution is 6.46. The molecule has 1 atom stereocenters. The number of benzene rings is 1. The van der Waals surface area contributed by atoms with Crippen LogP contribution in [-0.4, -0.2) is 75.4 Å². The molecule has 0 aliphatic carbocycles. The Morgan fingerprint density at radius 3 is 2.71 bits per heavy atom. The lowest BCUT2D eigenvalue weighted by molar-refractivity contribution is -0.140. The molecule has 3 aromatic rings. The second kappa shape index (κ2) is 9.00. The molecule has 0 radical (unpaired) electrons. The van der Waals surface area contributed by atoms with Crippen LogP contribution in [0.3, 0.4) is 0 Å². The van der Waals surface area contributed by atoms with E-state index in [1.807, 2.05) is 6.07 Å². The van der Waals surface area contributed by atoms with Gasteiger partial charge < -0.3 is 14.7 Å². The number of aliphatic hydroxyl groups is 1. The second-order valence-corrected chi connectivity index (χ2v) is 8.48. The molecule has 2 aliphatic rings. The van der Waals surface area contributed by atoms with Crippen LogP contribution >= 0.6 is 0 Å². The summed E-state index contributed by atoms with van der Waals surface area (Å²) in [6, 6.07) is 10.3. The summed E-state index contributed by atoms with van der Waals surface area (Å²) in [6.45, 7) is 5.21. The zero-order valence-corrected chi connectivity index (χ0v) is 18.8. The number of Topliss-reactive ketones (excluding diaryl/α,β-unsaturated/α-hetero) is 1. The van der Waals surface area contributed by atoms with Gasteiger partial charge in [0.05, 0.1) is 30.5 Å². The van der Waals surface area contributed by atoms with Crippen molar-refractivity contribution in [3.63, 3.8) is 0 Å². The predicted molar refractivity (Wildman–Crippen MR) is 123 cm³/mol. The summed E-state index contributed by atoms with van der Waals surface area (Å²) in [7, 11) is 0. The number of pyridine rings is 1.